The smallest absolute Gasteiger partial charge is 0.191 e. The van der Waals surface area contributed by atoms with Gasteiger partial charge < -0.3 is 10.6 Å². The minimum absolute atomic E-state index is 0.383. The second-order valence-electron chi connectivity index (χ2n) is 8.01. The van der Waals surface area contributed by atoms with Gasteiger partial charge >= 0.3 is 0 Å². The van der Waals surface area contributed by atoms with E-state index in [1.165, 1.54) is 19.1 Å². The Bertz CT molecular complexity index is 704. The maximum Gasteiger partial charge on any atom is 0.191 e. The van der Waals surface area contributed by atoms with Crippen molar-refractivity contribution in [3.63, 3.8) is 0 Å². The molecule has 0 amide bonds. The highest BCUT2D eigenvalue weighted by molar-refractivity contribution is 7.90. The van der Waals surface area contributed by atoms with Crippen molar-refractivity contribution in [3.8, 4) is 0 Å². The van der Waals surface area contributed by atoms with E-state index in [1.54, 1.807) is 6.07 Å². The van der Waals surface area contributed by atoms with Gasteiger partial charge in [0.2, 0.25) is 0 Å². The lowest BCUT2D eigenvalue weighted by atomic mass is 9.90. The van der Waals surface area contributed by atoms with Gasteiger partial charge in [-0.25, -0.2) is 13.4 Å². The second kappa shape index (κ2) is 9.95. The van der Waals surface area contributed by atoms with Crippen LogP contribution in [-0.2, 0) is 16.4 Å². The minimum atomic E-state index is -3.18. The Hall–Kier alpha value is -1.56. The monoisotopic (exact) mass is 381 g/mol. The van der Waals surface area contributed by atoms with Crippen LogP contribution in [0, 0.1) is 12.3 Å². The lowest BCUT2D eigenvalue weighted by molar-refractivity contribution is 0.360. The number of nitrogens with one attached hydrogen (secondary N) is 2. The molecule has 1 rings (SSSR count). The third-order valence-corrected chi connectivity index (χ3v) is 5.31. The predicted molar refractivity (Wildman–Crippen MR) is 110 cm³/mol. The Morgan fingerprint density at radius 3 is 2.38 bits per heavy atom. The number of rotatable bonds is 8. The van der Waals surface area contributed by atoms with Crippen LogP contribution in [-0.4, -0.2) is 33.7 Å². The van der Waals surface area contributed by atoms with Crippen LogP contribution in [0.5, 0.6) is 0 Å². The van der Waals surface area contributed by atoms with E-state index in [2.05, 4.69) is 36.4 Å². The zero-order valence-corrected chi connectivity index (χ0v) is 18.0. The van der Waals surface area contributed by atoms with Gasteiger partial charge in [-0.3, -0.25) is 0 Å². The molecule has 1 aromatic carbocycles. The third kappa shape index (κ3) is 8.70. The van der Waals surface area contributed by atoms with Gasteiger partial charge in [-0.2, -0.15) is 0 Å². The van der Waals surface area contributed by atoms with Gasteiger partial charge in [-0.15, -0.1) is 0 Å². The van der Waals surface area contributed by atoms with E-state index in [0.717, 1.165) is 36.6 Å². The van der Waals surface area contributed by atoms with Crippen LogP contribution in [0.3, 0.4) is 0 Å². The fraction of sp³-hybridized carbons (Fsp3) is 0.650. The standard InChI is InChI=1S/C20H35N3O2S/c1-7-21-19(22-13-9-8-12-20(3,4)5)23-15-17-10-11-18(16(2)14-17)26(6,24)25/h10-11,14H,7-9,12-13,15H2,1-6H3,(H2,21,22,23). The fourth-order valence-corrected chi connectivity index (χ4v) is 3.68. The number of sulfone groups is 1. The zero-order valence-electron chi connectivity index (χ0n) is 17.1. The summed E-state index contributed by atoms with van der Waals surface area (Å²) in [4.78, 5) is 4.99. The Morgan fingerprint density at radius 1 is 1.15 bits per heavy atom. The van der Waals surface area contributed by atoms with E-state index in [9.17, 15) is 8.42 Å². The predicted octanol–water partition coefficient (Wildman–Crippen LogP) is 3.67. The number of benzene rings is 1. The summed E-state index contributed by atoms with van der Waals surface area (Å²) in [7, 11) is -3.18. The average molecular weight is 382 g/mol. The van der Waals surface area contributed by atoms with E-state index in [4.69, 9.17) is 0 Å². The molecule has 0 atom stereocenters. The molecule has 5 nitrogen and oxygen atoms in total. The quantitative estimate of drug-likeness (QED) is 0.409. The number of aryl methyl sites for hydroxylation is 1. The van der Waals surface area contributed by atoms with Crippen LogP contribution in [0.1, 0.15) is 58.1 Å². The highest BCUT2D eigenvalue weighted by atomic mass is 32.2. The van der Waals surface area contributed by atoms with Crippen LogP contribution >= 0.6 is 0 Å². The van der Waals surface area contributed by atoms with Crippen molar-refractivity contribution in [2.24, 2.45) is 10.4 Å². The SMILES string of the molecule is CCNC(=NCc1ccc(S(C)(=O)=O)c(C)c1)NCCCCC(C)(C)C. The number of guanidine groups is 1. The van der Waals surface area contributed by atoms with Crippen molar-refractivity contribution in [2.75, 3.05) is 19.3 Å². The third-order valence-electron chi connectivity index (χ3n) is 4.05. The lowest BCUT2D eigenvalue weighted by Crippen LogP contribution is -2.37. The summed E-state index contributed by atoms with van der Waals surface area (Å²) in [6, 6.07) is 5.40. The van der Waals surface area contributed by atoms with Crippen LogP contribution in [0.2, 0.25) is 0 Å². The van der Waals surface area contributed by atoms with E-state index in [-0.39, 0.29) is 0 Å². The Kier molecular flexibility index (Phi) is 8.60. The molecule has 0 aromatic heterocycles. The Morgan fingerprint density at radius 2 is 1.85 bits per heavy atom. The first-order valence-electron chi connectivity index (χ1n) is 9.34. The molecule has 0 fully saturated rings. The van der Waals surface area contributed by atoms with Crippen LogP contribution in [0.15, 0.2) is 28.1 Å². The van der Waals surface area contributed by atoms with Gasteiger partial charge in [0.1, 0.15) is 0 Å². The molecular weight excluding hydrogens is 346 g/mol. The largest absolute Gasteiger partial charge is 0.357 e. The molecule has 0 bridgehead atoms. The Labute approximate surface area is 159 Å². The molecule has 1 aromatic rings. The van der Waals surface area contributed by atoms with E-state index in [1.807, 2.05) is 26.0 Å². The summed E-state index contributed by atoms with van der Waals surface area (Å²) in [6.45, 7) is 12.9. The molecule has 0 aliphatic heterocycles. The molecule has 2 N–H and O–H groups in total. The van der Waals surface area contributed by atoms with Gasteiger partial charge in [0, 0.05) is 19.3 Å². The molecule has 0 saturated carbocycles. The molecule has 0 spiro atoms. The summed E-state index contributed by atoms with van der Waals surface area (Å²) in [5.74, 6) is 0.799. The molecule has 26 heavy (non-hydrogen) atoms. The number of aliphatic imine (C=N–C) groups is 1. The zero-order chi connectivity index (χ0) is 19.8. The first kappa shape index (κ1) is 22.5. The van der Waals surface area contributed by atoms with E-state index in [0.29, 0.717) is 16.9 Å². The molecule has 0 unspecified atom stereocenters. The molecule has 0 aliphatic rings. The first-order valence-corrected chi connectivity index (χ1v) is 11.2. The number of nitrogens with zero attached hydrogens (tertiary/aromatic N) is 1. The van der Waals surface area contributed by atoms with Gasteiger partial charge in [0.15, 0.2) is 15.8 Å². The van der Waals surface area contributed by atoms with Crippen molar-refractivity contribution < 1.29 is 8.42 Å². The van der Waals surface area contributed by atoms with Crippen molar-refractivity contribution in [1.82, 2.24) is 10.6 Å². The summed E-state index contributed by atoms with van der Waals surface area (Å²) in [6.07, 6.45) is 4.76. The molecule has 6 heteroatoms. The fourth-order valence-electron chi connectivity index (χ4n) is 2.73. The van der Waals surface area contributed by atoms with Crippen LogP contribution in [0.4, 0.5) is 0 Å². The molecule has 0 heterocycles. The summed E-state index contributed by atoms with van der Waals surface area (Å²) in [5.41, 5.74) is 2.15. The molecule has 0 radical (unpaired) electrons. The van der Waals surface area contributed by atoms with Crippen molar-refractivity contribution in [1.29, 1.82) is 0 Å². The molecule has 148 valence electrons. The maximum absolute atomic E-state index is 11.7. The number of hydrogen-bond acceptors (Lipinski definition) is 3. The van der Waals surface area contributed by atoms with Gasteiger partial charge in [0.25, 0.3) is 0 Å². The molecular formula is C20H35N3O2S. The van der Waals surface area contributed by atoms with E-state index < -0.39 is 9.84 Å². The highest BCUT2D eigenvalue weighted by Gasteiger charge is 2.11. The molecule has 0 saturated heterocycles. The van der Waals surface area contributed by atoms with Crippen LogP contribution in [0.25, 0.3) is 0 Å². The average Bonchev–Trinajstić information content (AvgIpc) is 2.49. The summed E-state index contributed by atoms with van der Waals surface area (Å²) >= 11 is 0. The van der Waals surface area contributed by atoms with Crippen molar-refractivity contribution in [2.45, 2.75) is 65.3 Å². The van der Waals surface area contributed by atoms with Crippen LogP contribution < -0.4 is 10.6 Å². The molecule has 0 aliphatic carbocycles. The minimum Gasteiger partial charge on any atom is -0.357 e. The lowest BCUT2D eigenvalue weighted by Gasteiger charge is -2.18. The van der Waals surface area contributed by atoms with Gasteiger partial charge in [0.05, 0.1) is 11.4 Å². The summed E-state index contributed by atoms with van der Waals surface area (Å²) in [5, 5.41) is 6.62. The Balaban J connectivity index is 2.62. The van der Waals surface area contributed by atoms with Gasteiger partial charge in [-0.05, 0) is 49.3 Å². The van der Waals surface area contributed by atoms with Gasteiger partial charge in [-0.1, -0.05) is 39.3 Å². The summed E-state index contributed by atoms with van der Waals surface area (Å²) < 4.78 is 23.4. The first-order chi connectivity index (χ1) is 12.0. The normalized spacial score (nSPS) is 12.9. The maximum atomic E-state index is 11.7. The van der Waals surface area contributed by atoms with E-state index >= 15 is 0 Å². The second-order valence-corrected chi connectivity index (χ2v) is 10.00. The van der Waals surface area contributed by atoms with Crippen molar-refractivity contribution >= 4 is 15.8 Å². The highest BCUT2D eigenvalue weighted by Crippen LogP contribution is 2.21. The number of unbranched alkanes of at least 4 members (excludes halogenated alkanes) is 1. The van der Waals surface area contributed by atoms with Crippen molar-refractivity contribution in [3.05, 3.63) is 29.3 Å². The number of hydrogen-bond donors (Lipinski definition) is 2. The topological polar surface area (TPSA) is 70.6 Å².